The van der Waals surface area contributed by atoms with E-state index >= 15 is 0 Å². The predicted octanol–water partition coefficient (Wildman–Crippen LogP) is 4.78. The molecule has 0 aliphatic carbocycles. The molecule has 0 aromatic heterocycles. The SMILES string of the molecule is C=C(c1ccccc1)c1ccccc1/C=C\C. The molecule has 0 spiro atoms. The Kier molecular flexibility index (Phi) is 3.56. The molecule has 0 N–H and O–H groups in total. The topological polar surface area (TPSA) is 0 Å². The lowest BCUT2D eigenvalue weighted by molar-refractivity contribution is 1.53. The van der Waals surface area contributed by atoms with Crippen molar-refractivity contribution in [2.45, 2.75) is 6.92 Å². The van der Waals surface area contributed by atoms with Gasteiger partial charge in [-0.3, -0.25) is 0 Å². The minimum Gasteiger partial charge on any atom is -0.0905 e. The highest BCUT2D eigenvalue weighted by atomic mass is 14.1. The van der Waals surface area contributed by atoms with Crippen LogP contribution in [-0.2, 0) is 0 Å². The second kappa shape index (κ2) is 5.31. The molecule has 0 atom stereocenters. The van der Waals surface area contributed by atoms with Crippen LogP contribution in [0.5, 0.6) is 0 Å². The van der Waals surface area contributed by atoms with Gasteiger partial charge in [0.2, 0.25) is 0 Å². The maximum atomic E-state index is 4.20. The summed E-state index contributed by atoms with van der Waals surface area (Å²) in [5, 5.41) is 0. The minimum atomic E-state index is 1.07. The van der Waals surface area contributed by atoms with E-state index in [-0.39, 0.29) is 0 Å². The van der Waals surface area contributed by atoms with Crippen LogP contribution in [0.4, 0.5) is 0 Å². The fourth-order valence-corrected chi connectivity index (χ4v) is 1.89. The average Bonchev–Trinajstić information content (AvgIpc) is 2.40. The zero-order valence-corrected chi connectivity index (χ0v) is 10.1. The van der Waals surface area contributed by atoms with Gasteiger partial charge in [-0.25, -0.2) is 0 Å². The van der Waals surface area contributed by atoms with Gasteiger partial charge in [0.15, 0.2) is 0 Å². The zero-order chi connectivity index (χ0) is 12.1. The molecule has 0 heteroatoms. The summed E-state index contributed by atoms with van der Waals surface area (Å²) in [5.41, 5.74) is 4.64. The normalized spacial score (nSPS) is 10.6. The summed E-state index contributed by atoms with van der Waals surface area (Å²) in [6.07, 6.45) is 4.17. The first-order chi connectivity index (χ1) is 8.33. The van der Waals surface area contributed by atoms with E-state index in [0.29, 0.717) is 0 Å². The van der Waals surface area contributed by atoms with Crippen molar-refractivity contribution in [1.29, 1.82) is 0 Å². The van der Waals surface area contributed by atoms with Crippen LogP contribution in [0.3, 0.4) is 0 Å². The van der Waals surface area contributed by atoms with Crippen LogP contribution >= 0.6 is 0 Å². The predicted molar refractivity (Wildman–Crippen MR) is 75.7 cm³/mol. The molecule has 0 saturated carbocycles. The van der Waals surface area contributed by atoms with Crippen molar-refractivity contribution in [2.75, 3.05) is 0 Å². The molecule has 0 fully saturated rings. The van der Waals surface area contributed by atoms with Crippen LogP contribution < -0.4 is 0 Å². The first kappa shape index (κ1) is 11.4. The smallest absolute Gasteiger partial charge is 0.0111 e. The molecule has 0 amide bonds. The van der Waals surface area contributed by atoms with E-state index in [1.165, 1.54) is 16.7 Å². The van der Waals surface area contributed by atoms with Crippen molar-refractivity contribution in [3.63, 3.8) is 0 Å². The molecule has 0 aliphatic heterocycles. The standard InChI is InChI=1S/C17H16/c1-3-9-16-12-7-8-13-17(16)14(2)15-10-5-4-6-11-15/h3-13H,2H2,1H3/b9-3-. The molecule has 17 heavy (non-hydrogen) atoms. The van der Waals surface area contributed by atoms with Gasteiger partial charge in [-0.1, -0.05) is 73.3 Å². The molecule has 2 aromatic rings. The van der Waals surface area contributed by atoms with E-state index in [1.807, 2.05) is 25.1 Å². The summed E-state index contributed by atoms with van der Waals surface area (Å²) in [5.74, 6) is 0. The summed E-state index contributed by atoms with van der Waals surface area (Å²) in [4.78, 5) is 0. The van der Waals surface area contributed by atoms with Crippen molar-refractivity contribution in [3.8, 4) is 0 Å². The summed E-state index contributed by atoms with van der Waals surface area (Å²) in [6.45, 7) is 6.23. The van der Waals surface area contributed by atoms with Gasteiger partial charge in [0.05, 0.1) is 0 Å². The van der Waals surface area contributed by atoms with Crippen LogP contribution in [0.2, 0.25) is 0 Å². The van der Waals surface area contributed by atoms with Gasteiger partial charge in [0, 0.05) is 0 Å². The third-order valence-electron chi connectivity index (χ3n) is 2.75. The molecule has 84 valence electrons. The number of allylic oxidation sites excluding steroid dienone is 1. The first-order valence-electron chi connectivity index (χ1n) is 5.79. The number of hydrogen-bond donors (Lipinski definition) is 0. The van der Waals surface area contributed by atoms with Crippen molar-refractivity contribution in [3.05, 3.63) is 83.9 Å². The van der Waals surface area contributed by atoms with Crippen LogP contribution in [0.15, 0.2) is 67.3 Å². The average molecular weight is 220 g/mol. The van der Waals surface area contributed by atoms with E-state index < -0.39 is 0 Å². The van der Waals surface area contributed by atoms with Gasteiger partial charge < -0.3 is 0 Å². The van der Waals surface area contributed by atoms with Crippen LogP contribution in [0, 0.1) is 0 Å². The fraction of sp³-hybridized carbons (Fsp3) is 0.0588. The first-order valence-corrected chi connectivity index (χ1v) is 5.79. The lowest BCUT2D eigenvalue weighted by atomic mass is 9.95. The Morgan fingerprint density at radius 3 is 2.29 bits per heavy atom. The molecule has 0 bridgehead atoms. The molecule has 0 nitrogen and oxygen atoms in total. The second-order valence-electron chi connectivity index (χ2n) is 3.93. The highest BCUT2D eigenvalue weighted by molar-refractivity contribution is 5.82. The number of benzene rings is 2. The maximum Gasteiger partial charge on any atom is -0.0111 e. The summed E-state index contributed by atoms with van der Waals surface area (Å²) < 4.78 is 0. The highest BCUT2D eigenvalue weighted by Crippen LogP contribution is 2.25. The third kappa shape index (κ3) is 2.54. The van der Waals surface area contributed by atoms with E-state index in [4.69, 9.17) is 0 Å². The summed E-state index contributed by atoms with van der Waals surface area (Å²) in [6, 6.07) is 18.6. The van der Waals surface area contributed by atoms with Crippen molar-refractivity contribution >= 4 is 11.6 Å². The number of rotatable bonds is 3. The molecule has 2 rings (SSSR count). The Balaban J connectivity index is 2.44. The molecule has 0 heterocycles. The quantitative estimate of drug-likeness (QED) is 0.698. The van der Waals surface area contributed by atoms with E-state index in [9.17, 15) is 0 Å². The lowest BCUT2D eigenvalue weighted by Crippen LogP contribution is -1.89. The van der Waals surface area contributed by atoms with Crippen LogP contribution in [0.25, 0.3) is 11.6 Å². The molecule has 0 radical (unpaired) electrons. The molecule has 0 aliphatic rings. The van der Waals surface area contributed by atoms with Gasteiger partial charge >= 0.3 is 0 Å². The van der Waals surface area contributed by atoms with Gasteiger partial charge in [-0.05, 0) is 29.2 Å². The van der Waals surface area contributed by atoms with Gasteiger partial charge in [-0.15, -0.1) is 0 Å². The summed E-state index contributed by atoms with van der Waals surface area (Å²) in [7, 11) is 0. The molecular weight excluding hydrogens is 204 g/mol. The second-order valence-corrected chi connectivity index (χ2v) is 3.93. The van der Waals surface area contributed by atoms with Crippen molar-refractivity contribution in [2.24, 2.45) is 0 Å². The Morgan fingerprint density at radius 1 is 0.941 bits per heavy atom. The largest absolute Gasteiger partial charge is 0.0905 e. The molecular formula is C17H16. The minimum absolute atomic E-state index is 1.07. The van der Waals surface area contributed by atoms with Gasteiger partial charge in [-0.2, -0.15) is 0 Å². The lowest BCUT2D eigenvalue weighted by Gasteiger charge is -2.09. The van der Waals surface area contributed by atoms with E-state index in [0.717, 1.165) is 5.57 Å². The Hall–Kier alpha value is -2.08. The zero-order valence-electron chi connectivity index (χ0n) is 10.1. The van der Waals surface area contributed by atoms with Crippen LogP contribution in [0.1, 0.15) is 23.6 Å². The molecule has 0 unspecified atom stereocenters. The van der Waals surface area contributed by atoms with E-state index in [2.05, 4.69) is 55.1 Å². The van der Waals surface area contributed by atoms with Crippen LogP contribution in [-0.4, -0.2) is 0 Å². The molecule has 0 saturated heterocycles. The highest BCUT2D eigenvalue weighted by Gasteiger charge is 2.04. The maximum absolute atomic E-state index is 4.20. The van der Waals surface area contributed by atoms with Gasteiger partial charge in [0.1, 0.15) is 0 Å². The molecule has 2 aromatic carbocycles. The third-order valence-corrected chi connectivity index (χ3v) is 2.75. The Bertz CT molecular complexity index is 533. The van der Waals surface area contributed by atoms with Crippen molar-refractivity contribution in [1.82, 2.24) is 0 Å². The van der Waals surface area contributed by atoms with Crippen molar-refractivity contribution < 1.29 is 0 Å². The Labute approximate surface area is 103 Å². The fourth-order valence-electron chi connectivity index (χ4n) is 1.89. The summed E-state index contributed by atoms with van der Waals surface area (Å²) >= 11 is 0. The monoisotopic (exact) mass is 220 g/mol. The van der Waals surface area contributed by atoms with Gasteiger partial charge in [0.25, 0.3) is 0 Å². The number of hydrogen-bond acceptors (Lipinski definition) is 0. The van der Waals surface area contributed by atoms with E-state index in [1.54, 1.807) is 0 Å². The Morgan fingerprint density at radius 2 is 1.59 bits per heavy atom.